The van der Waals surface area contributed by atoms with Crippen molar-refractivity contribution in [1.82, 2.24) is 0 Å². The van der Waals surface area contributed by atoms with Gasteiger partial charge in [0, 0.05) is 17.6 Å². The van der Waals surface area contributed by atoms with E-state index in [-0.39, 0.29) is 11.7 Å². The van der Waals surface area contributed by atoms with E-state index >= 15 is 0 Å². The summed E-state index contributed by atoms with van der Waals surface area (Å²) in [6.45, 7) is 10.2. The Balaban J connectivity index is 1.23. The van der Waals surface area contributed by atoms with Crippen LogP contribution in [-0.4, -0.2) is 44.0 Å². The molecule has 0 aliphatic rings. The zero-order valence-corrected chi connectivity index (χ0v) is 27.0. The maximum Gasteiger partial charge on any atom is 0.342 e. The zero-order chi connectivity index (χ0) is 32.9. The fourth-order valence-electron chi connectivity index (χ4n) is 4.75. The molecule has 4 aromatic carbocycles. The summed E-state index contributed by atoms with van der Waals surface area (Å²) >= 11 is 1.19. The quantitative estimate of drug-likeness (QED) is 0.0396. The van der Waals surface area contributed by atoms with Crippen LogP contribution in [0.5, 0.6) is 5.75 Å². The zero-order valence-electron chi connectivity index (χ0n) is 26.2. The Morgan fingerprint density at radius 1 is 0.783 bits per heavy atom. The lowest BCUT2D eigenvalue weighted by Gasteiger charge is -2.11. The van der Waals surface area contributed by atoms with Crippen molar-refractivity contribution in [2.75, 3.05) is 26.9 Å². The molecule has 0 radical (unpaired) electrons. The van der Waals surface area contributed by atoms with Gasteiger partial charge in [0.1, 0.15) is 5.75 Å². The molecule has 238 valence electrons. The van der Waals surface area contributed by atoms with Gasteiger partial charge in [-0.05, 0) is 120 Å². The number of thioether (sulfide) groups is 1. The lowest BCUT2D eigenvalue weighted by atomic mass is 9.99. The van der Waals surface area contributed by atoms with Gasteiger partial charge in [-0.15, -0.1) is 0 Å². The molecule has 0 bridgehead atoms. The number of hydrogen-bond acceptors (Lipinski definition) is 8. The van der Waals surface area contributed by atoms with Crippen molar-refractivity contribution in [3.8, 4) is 16.9 Å². The summed E-state index contributed by atoms with van der Waals surface area (Å²) in [5.41, 5.74) is 4.37. The average molecular weight is 639 g/mol. The molecule has 0 saturated heterocycles. The first-order valence-corrected chi connectivity index (χ1v) is 15.9. The van der Waals surface area contributed by atoms with Gasteiger partial charge in [0.25, 0.3) is 0 Å². The van der Waals surface area contributed by atoms with Crippen molar-refractivity contribution in [2.24, 2.45) is 0 Å². The Labute approximate surface area is 274 Å². The van der Waals surface area contributed by atoms with Crippen LogP contribution in [0.1, 0.15) is 52.0 Å². The van der Waals surface area contributed by atoms with E-state index in [4.69, 9.17) is 18.9 Å². The van der Waals surface area contributed by atoms with Gasteiger partial charge in [-0.3, -0.25) is 4.79 Å². The second-order valence-corrected chi connectivity index (χ2v) is 11.7. The highest BCUT2D eigenvalue weighted by molar-refractivity contribution is 8.14. The van der Waals surface area contributed by atoms with Gasteiger partial charge in [-0.25, -0.2) is 9.59 Å². The van der Waals surface area contributed by atoms with Crippen LogP contribution in [0.25, 0.3) is 21.9 Å². The maximum atomic E-state index is 13.0. The number of rotatable bonds is 16. The molecule has 0 aliphatic heterocycles. The number of methoxy groups -OCH3 is 1. The molecule has 0 heterocycles. The fourth-order valence-corrected chi connectivity index (χ4v) is 5.59. The molecule has 0 unspecified atom stereocenters. The molecule has 0 aromatic heterocycles. The van der Waals surface area contributed by atoms with Gasteiger partial charge in [0.15, 0.2) is 0 Å². The highest BCUT2D eigenvalue weighted by atomic mass is 32.2. The first kappa shape index (κ1) is 34.2. The number of esters is 2. The van der Waals surface area contributed by atoms with Gasteiger partial charge < -0.3 is 18.9 Å². The molecule has 0 saturated carbocycles. The standard InChI is InChI=1S/C38H38O7S/c1-5-43-37(40)33-17-16-31-23-30(14-15-32(31)24-33)28-10-12-29(13-11-28)38(41)46-34-18-19-35(26(2)22-34)44-20-8-6-7-9-21-45-36(39)27(3)25-42-4/h5,10-19,22-24H,1,3,6-9,20-21,25H2,2,4H3. The molecule has 4 rings (SSSR count). The Hall–Kier alpha value is -4.66. The van der Waals surface area contributed by atoms with Crippen molar-refractivity contribution in [2.45, 2.75) is 37.5 Å². The lowest BCUT2D eigenvalue weighted by Crippen LogP contribution is -2.11. The van der Waals surface area contributed by atoms with E-state index in [0.29, 0.717) is 29.9 Å². The van der Waals surface area contributed by atoms with E-state index in [2.05, 4.69) is 19.2 Å². The van der Waals surface area contributed by atoms with Crippen LogP contribution in [0.4, 0.5) is 0 Å². The molecule has 0 N–H and O–H groups in total. The molecule has 0 aliphatic carbocycles. The molecular weight excluding hydrogens is 600 g/mol. The summed E-state index contributed by atoms with van der Waals surface area (Å²) in [7, 11) is 1.51. The first-order valence-electron chi connectivity index (χ1n) is 15.0. The van der Waals surface area contributed by atoms with Gasteiger partial charge in [0.05, 0.1) is 37.2 Å². The van der Waals surface area contributed by atoms with Crippen LogP contribution in [0, 0.1) is 6.92 Å². The molecule has 0 fully saturated rings. The molecule has 0 spiro atoms. The normalized spacial score (nSPS) is 10.7. The van der Waals surface area contributed by atoms with Crippen molar-refractivity contribution >= 4 is 39.6 Å². The summed E-state index contributed by atoms with van der Waals surface area (Å²) in [4.78, 5) is 37.6. The Morgan fingerprint density at radius 2 is 1.46 bits per heavy atom. The highest BCUT2D eigenvalue weighted by Crippen LogP contribution is 2.30. The van der Waals surface area contributed by atoms with E-state index < -0.39 is 11.9 Å². The second kappa shape index (κ2) is 17.1. The number of carbonyl (C=O) groups is 3. The minimum Gasteiger partial charge on any atom is -0.493 e. The number of hydrogen-bond donors (Lipinski definition) is 0. The number of ether oxygens (including phenoxy) is 4. The van der Waals surface area contributed by atoms with Crippen LogP contribution in [0.3, 0.4) is 0 Å². The predicted molar refractivity (Wildman–Crippen MR) is 182 cm³/mol. The van der Waals surface area contributed by atoms with E-state index in [1.54, 1.807) is 12.1 Å². The van der Waals surface area contributed by atoms with Gasteiger partial charge in [-0.1, -0.05) is 43.5 Å². The van der Waals surface area contributed by atoms with E-state index in [0.717, 1.165) is 70.1 Å². The second-order valence-electron chi connectivity index (χ2n) is 10.7. The summed E-state index contributed by atoms with van der Waals surface area (Å²) in [6.07, 6.45) is 4.70. The van der Waals surface area contributed by atoms with Crippen molar-refractivity contribution < 1.29 is 33.3 Å². The van der Waals surface area contributed by atoms with E-state index in [1.165, 1.54) is 18.9 Å². The number of aryl methyl sites for hydroxylation is 1. The van der Waals surface area contributed by atoms with Gasteiger partial charge in [-0.2, -0.15) is 0 Å². The van der Waals surface area contributed by atoms with Crippen LogP contribution in [0.2, 0.25) is 0 Å². The van der Waals surface area contributed by atoms with Crippen LogP contribution in [-0.2, 0) is 19.0 Å². The Morgan fingerprint density at radius 3 is 2.17 bits per heavy atom. The molecule has 7 nitrogen and oxygen atoms in total. The topological polar surface area (TPSA) is 88.1 Å². The number of fused-ring (bicyclic) bond motifs is 1. The molecule has 4 aromatic rings. The largest absolute Gasteiger partial charge is 0.493 e. The number of carbonyl (C=O) groups excluding carboxylic acids is 3. The fraction of sp³-hybridized carbons (Fsp3) is 0.237. The molecule has 0 amide bonds. The maximum absolute atomic E-state index is 13.0. The minimum absolute atomic E-state index is 0.0363. The summed E-state index contributed by atoms with van der Waals surface area (Å²) in [6, 6.07) is 24.8. The average Bonchev–Trinajstić information content (AvgIpc) is 3.06. The van der Waals surface area contributed by atoms with Crippen LogP contribution in [0.15, 0.2) is 109 Å². The van der Waals surface area contributed by atoms with Crippen molar-refractivity contribution in [3.63, 3.8) is 0 Å². The van der Waals surface area contributed by atoms with E-state index in [1.807, 2.05) is 67.6 Å². The Bertz CT molecular complexity index is 1710. The van der Waals surface area contributed by atoms with Gasteiger partial charge >= 0.3 is 11.9 Å². The smallest absolute Gasteiger partial charge is 0.342 e. The minimum atomic E-state index is -0.443. The summed E-state index contributed by atoms with van der Waals surface area (Å²) < 4.78 is 20.9. The van der Waals surface area contributed by atoms with Crippen LogP contribution >= 0.6 is 11.8 Å². The molecule has 8 heteroatoms. The SMILES string of the molecule is C=COC(=O)c1ccc2cc(-c3ccc(C(=O)Sc4ccc(OCCCCCCOC(=O)C(=C)COC)c(C)c4)cc3)ccc2c1. The third-order valence-corrected chi connectivity index (χ3v) is 8.12. The van der Waals surface area contributed by atoms with Crippen LogP contribution < -0.4 is 4.74 Å². The highest BCUT2D eigenvalue weighted by Gasteiger charge is 2.12. The monoisotopic (exact) mass is 638 g/mol. The van der Waals surface area contributed by atoms with Crippen molar-refractivity contribution in [1.29, 1.82) is 0 Å². The third-order valence-electron chi connectivity index (χ3n) is 7.21. The third kappa shape index (κ3) is 9.67. The molecule has 0 atom stereocenters. The number of benzene rings is 4. The summed E-state index contributed by atoms with van der Waals surface area (Å²) in [5, 5.41) is 1.88. The van der Waals surface area contributed by atoms with Gasteiger partial charge in [0.2, 0.25) is 5.12 Å². The number of unbranched alkanes of at least 4 members (excludes halogenated alkanes) is 3. The first-order chi connectivity index (χ1) is 22.3. The summed E-state index contributed by atoms with van der Waals surface area (Å²) in [5.74, 6) is -0.0523. The lowest BCUT2D eigenvalue weighted by molar-refractivity contribution is -0.139. The molecular formula is C38H38O7S. The molecule has 46 heavy (non-hydrogen) atoms. The van der Waals surface area contributed by atoms with E-state index in [9.17, 15) is 14.4 Å². The predicted octanol–water partition coefficient (Wildman–Crippen LogP) is 8.73. The Kier molecular flexibility index (Phi) is 12.8. The van der Waals surface area contributed by atoms with Crippen molar-refractivity contribution in [3.05, 3.63) is 121 Å².